The fourth-order valence-corrected chi connectivity index (χ4v) is 1.25. The Morgan fingerprint density at radius 1 is 1.14 bits per heavy atom. The quantitative estimate of drug-likeness (QED) is 0.681. The maximum atomic E-state index is 12.8. The van der Waals surface area contributed by atoms with E-state index in [2.05, 4.69) is 4.98 Å². The van der Waals surface area contributed by atoms with E-state index in [9.17, 15) is 8.78 Å². The van der Waals surface area contributed by atoms with E-state index < -0.39 is 11.6 Å². The van der Waals surface area contributed by atoms with Gasteiger partial charge in [-0.2, -0.15) is 0 Å². The van der Waals surface area contributed by atoms with Gasteiger partial charge in [0.25, 0.3) is 0 Å². The van der Waals surface area contributed by atoms with E-state index in [1.165, 1.54) is 18.5 Å². The van der Waals surface area contributed by atoms with Crippen molar-refractivity contribution < 1.29 is 8.78 Å². The zero-order valence-electron chi connectivity index (χ0n) is 7.54. The fraction of sp³-hybridized carbons (Fsp3) is 0.100. The molecule has 2 nitrogen and oxygen atoms in total. The van der Waals surface area contributed by atoms with Crippen LogP contribution in [0.5, 0.6) is 0 Å². The third kappa shape index (κ3) is 1.64. The Morgan fingerprint density at radius 2 is 1.79 bits per heavy atom. The minimum atomic E-state index is -0.591. The molecule has 0 N–H and O–H groups in total. The highest BCUT2D eigenvalue weighted by Crippen LogP contribution is 2.12. The molecule has 0 aliphatic heterocycles. The third-order valence-electron chi connectivity index (χ3n) is 1.86. The van der Waals surface area contributed by atoms with Crippen LogP contribution >= 0.6 is 0 Å². The van der Waals surface area contributed by atoms with Crippen LogP contribution in [-0.2, 0) is 0 Å². The maximum Gasteiger partial charge on any atom is 0.128 e. The highest BCUT2D eigenvalue weighted by Gasteiger charge is 2.02. The zero-order valence-corrected chi connectivity index (χ0v) is 7.54. The summed E-state index contributed by atoms with van der Waals surface area (Å²) < 4.78 is 27.3. The number of rotatable bonds is 1. The van der Waals surface area contributed by atoms with Crippen LogP contribution in [0.4, 0.5) is 8.78 Å². The molecule has 1 aromatic heterocycles. The molecule has 1 aromatic carbocycles. The van der Waals surface area contributed by atoms with Gasteiger partial charge in [-0.25, -0.2) is 13.8 Å². The van der Waals surface area contributed by atoms with Gasteiger partial charge in [-0.15, -0.1) is 0 Å². The predicted octanol–water partition coefficient (Wildman–Crippen LogP) is 2.46. The monoisotopic (exact) mass is 194 g/mol. The smallest absolute Gasteiger partial charge is 0.128 e. The van der Waals surface area contributed by atoms with Crippen molar-refractivity contribution in [3.63, 3.8) is 0 Å². The Hall–Kier alpha value is -1.71. The van der Waals surface area contributed by atoms with Crippen LogP contribution in [0, 0.1) is 18.6 Å². The van der Waals surface area contributed by atoms with Crippen LogP contribution in [0.2, 0.25) is 0 Å². The van der Waals surface area contributed by atoms with Crippen molar-refractivity contribution in [3.05, 3.63) is 48.1 Å². The highest BCUT2D eigenvalue weighted by molar-refractivity contribution is 5.33. The summed E-state index contributed by atoms with van der Waals surface area (Å²) in [5, 5.41) is 0. The van der Waals surface area contributed by atoms with E-state index in [1.807, 2.05) is 6.92 Å². The summed E-state index contributed by atoms with van der Waals surface area (Å²) in [7, 11) is 0. The molecule has 0 radical (unpaired) electrons. The van der Waals surface area contributed by atoms with E-state index in [1.54, 1.807) is 10.8 Å². The largest absolute Gasteiger partial charge is 0.306 e. The summed E-state index contributed by atoms with van der Waals surface area (Å²) in [6, 6.07) is 3.35. The molecule has 2 rings (SSSR count). The van der Waals surface area contributed by atoms with Gasteiger partial charge in [-0.3, -0.25) is 0 Å². The lowest BCUT2D eigenvalue weighted by atomic mass is 10.3. The van der Waals surface area contributed by atoms with Crippen LogP contribution in [0.25, 0.3) is 5.69 Å². The van der Waals surface area contributed by atoms with Crippen molar-refractivity contribution in [1.82, 2.24) is 9.55 Å². The van der Waals surface area contributed by atoms with Gasteiger partial charge in [0.2, 0.25) is 0 Å². The molecule has 0 aliphatic carbocycles. The molecule has 1 heterocycles. The molecule has 0 spiro atoms. The van der Waals surface area contributed by atoms with Crippen LogP contribution in [0.1, 0.15) is 5.69 Å². The first-order valence-electron chi connectivity index (χ1n) is 4.12. The molecule has 4 heteroatoms. The Labute approximate surface area is 79.8 Å². The molecule has 0 saturated carbocycles. The molecule has 0 bridgehead atoms. The van der Waals surface area contributed by atoms with Crippen LogP contribution in [0.3, 0.4) is 0 Å². The number of aromatic nitrogens is 2. The van der Waals surface area contributed by atoms with Crippen molar-refractivity contribution in [2.75, 3.05) is 0 Å². The normalized spacial score (nSPS) is 10.5. The minimum absolute atomic E-state index is 0.433. The van der Waals surface area contributed by atoms with Crippen molar-refractivity contribution in [2.24, 2.45) is 0 Å². The molecule has 0 atom stereocenters. The van der Waals surface area contributed by atoms with Gasteiger partial charge in [-0.1, -0.05) is 0 Å². The molecule has 0 fully saturated rings. The molecule has 0 amide bonds. The van der Waals surface area contributed by atoms with Gasteiger partial charge < -0.3 is 4.57 Å². The summed E-state index contributed by atoms with van der Waals surface area (Å²) in [6.45, 7) is 1.81. The maximum absolute atomic E-state index is 12.8. The Balaban J connectivity index is 2.51. The Morgan fingerprint density at radius 3 is 2.29 bits per heavy atom. The molecule has 14 heavy (non-hydrogen) atoms. The van der Waals surface area contributed by atoms with E-state index in [-0.39, 0.29) is 0 Å². The summed E-state index contributed by atoms with van der Waals surface area (Å²) in [6.07, 6.45) is 3.22. The topological polar surface area (TPSA) is 17.8 Å². The summed E-state index contributed by atoms with van der Waals surface area (Å²) in [5.41, 5.74) is 1.23. The Bertz CT molecular complexity index is 443. The van der Waals surface area contributed by atoms with Gasteiger partial charge in [0, 0.05) is 12.3 Å². The van der Waals surface area contributed by atoms with Crippen molar-refractivity contribution in [2.45, 2.75) is 6.92 Å². The average molecular weight is 194 g/mol. The van der Waals surface area contributed by atoms with Crippen LogP contribution < -0.4 is 0 Å². The zero-order chi connectivity index (χ0) is 10.1. The number of aryl methyl sites for hydroxylation is 1. The van der Waals surface area contributed by atoms with Gasteiger partial charge in [0.05, 0.1) is 17.7 Å². The fourth-order valence-electron chi connectivity index (χ4n) is 1.25. The van der Waals surface area contributed by atoms with Gasteiger partial charge in [0.1, 0.15) is 11.6 Å². The lowest BCUT2D eigenvalue weighted by molar-refractivity contribution is 0.581. The first-order chi connectivity index (χ1) is 6.65. The molecule has 0 aliphatic rings. The third-order valence-corrected chi connectivity index (χ3v) is 1.86. The van der Waals surface area contributed by atoms with E-state index in [0.29, 0.717) is 5.69 Å². The first kappa shape index (κ1) is 8.87. The molecule has 0 saturated heterocycles. The predicted molar refractivity (Wildman–Crippen MR) is 48.2 cm³/mol. The highest BCUT2D eigenvalue weighted by atomic mass is 19.1. The van der Waals surface area contributed by atoms with E-state index >= 15 is 0 Å². The standard InChI is InChI=1S/C10H8F2N2/c1-7-5-14(6-13-7)10-3-8(11)2-9(12)4-10/h2-6H,1H3. The van der Waals surface area contributed by atoms with Gasteiger partial charge >= 0.3 is 0 Å². The second kappa shape index (κ2) is 3.21. The molecular formula is C10H8F2N2. The van der Waals surface area contributed by atoms with Crippen molar-refractivity contribution in [3.8, 4) is 5.69 Å². The number of benzene rings is 1. The second-order valence-electron chi connectivity index (χ2n) is 3.05. The summed E-state index contributed by atoms with van der Waals surface area (Å²) >= 11 is 0. The molecular weight excluding hydrogens is 186 g/mol. The number of nitrogens with zero attached hydrogens (tertiary/aromatic N) is 2. The van der Waals surface area contributed by atoms with E-state index in [0.717, 1.165) is 11.8 Å². The number of imidazole rings is 1. The number of halogens is 2. The average Bonchev–Trinajstić information content (AvgIpc) is 2.50. The lowest BCUT2D eigenvalue weighted by Crippen LogP contribution is -1.92. The number of hydrogen-bond donors (Lipinski definition) is 0. The van der Waals surface area contributed by atoms with Crippen molar-refractivity contribution >= 4 is 0 Å². The molecule has 2 aromatic rings. The van der Waals surface area contributed by atoms with Gasteiger partial charge in [-0.05, 0) is 19.1 Å². The molecule has 72 valence electrons. The lowest BCUT2D eigenvalue weighted by Gasteiger charge is -2.01. The van der Waals surface area contributed by atoms with Crippen LogP contribution in [-0.4, -0.2) is 9.55 Å². The van der Waals surface area contributed by atoms with Crippen molar-refractivity contribution in [1.29, 1.82) is 0 Å². The number of hydrogen-bond acceptors (Lipinski definition) is 1. The molecule has 0 unspecified atom stereocenters. The first-order valence-corrected chi connectivity index (χ1v) is 4.12. The summed E-state index contributed by atoms with van der Waals surface area (Å²) in [4.78, 5) is 3.97. The summed E-state index contributed by atoms with van der Waals surface area (Å²) in [5.74, 6) is -1.18. The second-order valence-corrected chi connectivity index (χ2v) is 3.05. The van der Waals surface area contributed by atoms with Gasteiger partial charge in [0.15, 0.2) is 0 Å². The van der Waals surface area contributed by atoms with Crippen LogP contribution in [0.15, 0.2) is 30.7 Å². The Kier molecular flexibility index (Phi) is 2.04. The minimum Gasteiger partial charge on any atom is -0.306 e. The van der Waals surface area contributed by atoms with E-state index in [4.69, 9.17) is 0 Å². The SMILES string of the molecule is Cc1cn(-c2cc(F)cc(F)c2)cn1.